The van der Waals surface area contributed by atoms with Gasteiger partial charge in [-0.15, -0.1) is 0 Å². The molecule has 1 N–H and O–H groups in total. The summed E-state index contributed by atoms with van der Waals surface area (Å²) in [6.45, 7) is 0. The first-order chi connectivity index (χ1) is 13.6. The molecule has 1 aliphatic heterocycles. The van der Waals surface area contributed by atoms with Crippen LogP contribution in [0.3, 0.4) is 0 Å². The maximum Gasteiger partial charge on any atom is 0.234 e. The number of amides is 2. The van der Waals surface area contributed by atoms with Gasteiger partial charge in [0.05, 0.1) is 10.9 Å². The molecule has 1 saturated heterocycles. The zero-order chi connectivity index (χ0) is 19.5. The first-order valence-corrected chi connectivity index (χ1v) is 9.31. The van der Waals surface area contributed by atoms with Gasteiger partial charge in [-0.3, -0.25) is 14.9 Å². The lowest BCUT2D eigenvalue weighted by atomic mass is 9.88. The van der Waals surface area contributed by atoms with E-state index in [-0.39, 0.29) is 11.8 Å². The lowest BCUT2D eigenvalue weighted by Gasteiger charge is -2.23. The van der Waals surface area contributed by atoms with Gasteiger partial charge >= 0.3 is 0 Å². The molecule has 2 aromatic carbocycles. The van der Waals surface area contributed by atoms with Gasteiger partial charge in [0.1, 0.15) is 5.75 Å². The monoisotopic (exact) mass is 392 g/mol. The number of imide groups is 1. The Morgan fingerprint density at radius 1 is 1.00 bits per heavy atom. The highest BCUT2D eigenvalue weighted by atomic mass is 35.5. The smallest absolute Gasteiger partial charge is 0.234 e. The minimum absolute atomic E-state index is 0.239. The third kappa shape index (κ3) is 3.75. The summed E-state index contributed by atoms with van der Waals surface area (Å²) in [6, 6.07) is 18.6. The topological polar surface area (TPSA) is 68.3 Å². The van der Waals surface area contributed by atoms with E-state index >= 15 is 0 Å². The van der Waals surface area contributed by atoms with Gasteiger partial charge in [0.15, 0.2) is 0 Å². The van der Waals surface area contributed by atoms with E-state index in [9.17, 15) is 9.59 Å². The van der Waals surface area contributed by atoms with E-state index in [0.29, 0.717) is 29.5 Å². The second-order valence-corrected chi connectivity index (χ2v) is 6.88. The van der Waals surface area contributed by atoms with E-state index in [0.717, 1.165) is 16.7 Å². The van der Waals surface area contributed by atoms with Crippen molar-refractivity contribution in [1.29, 1.82) is 0 Å². The largest absolute Gasteiger partial charge is 0.439 e. The predicted octanol–water partition coefficient (Wildman–Crippen LogP) is 4.71. The van der Waals surface area contributed by atoms with Crippen molar-refractivity contribution in [2.75, 3.05) is 0 Å². The summed E-state index contributed by atoms with van der Waals surface area (Å²) in [5, 5.41) is 2.91. The zero-order valence-electron chi connectivity index (χ0n) is 14.9. The molecule has 2 heterocycles. The van der Waals surface area contributed by atoms with Crippen molar-refractivity contribution in [2.45, 2.75) is 18.8 Å². The van der Waals surface area contributed by atoms with Crippen molar-refractivity contribution in [3.05, 3.63) is 77.4 Å². The molecule has 0 aliphatic carbocycles. The molecule has 4 rings (SSSR count). The average molecular weight is 393 g/mol. The highest BCUT2D eigenvalue weighted by molar-refractivity contribution is 6.34. The van der Waals surface area contributed by atoms with E-state index in [2.05, 4.69) is 10.3 Å². The Morgan fingerprint density at radius 2 is 1.82 bits per heavy atom. The van der Waals surface area contributed by atoms with Gasteiger partial charge in [0, 0.05) is 24.2 Å². The molecule has 1 fully saturated rings. The van der Waals surface area contributed by atoms with Crippen LogP contribution in [0.4, 0.5) is 0 Å². The number of hydrogen-bond donors (Lipinski definition) is 1. The number of nitrogens with one attached hydrogen (secondary N) is 1. The number of carbonyl (C=O) groups is 2. The van der Waals surface area contributed by atoms with E-state index in [1.807, 2.05) is 54.6 Å². The fourth-order valence-electron chi connectivity index (χ4n) is 3.26. The summed E-state index contributed by atoms with van der Waals surface area (Å²) in [4.78, 5) is 27.8. The standard InChI is InChI=1S/C22H17ClN2O3/c23-21-16(4-3-5-17(21)18-11-12-19(26)25-22(18)27)14-7-9-15(10-8-14)28-20-6-1-2-13-24-20/h1-10,13,18H,11-12H2,(H,25,26,27). The quantitative estimate of drug-likeness (QED) is 0.652. The van der Waals surface area contributed by atoms with Gasteiger partial charge < -0.3 is 4.74 Å². The van der Waals surface area contributed by atoms with Crippen molar-refractivity contribution in [3.8, 4) is 22.8 Å². The Bertz CT molecular complexity index is 1020. The number of aromatic nitrogens is 1. The molecule has 0 bridgehead atoms. The van der Waals surface area contributed by atoms with E-state index < -0.39 is 5.92 Å². The molecular formula is C22H17ClN2O3. The zero-order valence-corrected chi connectivity index (χ0v) is 15.6. The van der Waals surface area contributed by atoms with Crippen molar-refractivity contribution >= 4 is 23.4 Å². The molecular weight excluding hydrogens is 376 g/mol. The number of ether oxygens (including phenoxy) is 1. The Kier molecular flexibility index (Phi) is 5.08. The molecule has 1 atom stereocenters. The Morgan fingerprint density at radius 3 is 2.54 bits per heavy atom. The minimum Gasteiger partial charge on any atom is -0.439 e. The van der Waals surface area contributed by atoms with Gasteiger partial charge in [-0.1, -0.05) is 48.0 Å². The Hall–Kier alpha value is -3.18. The molecule has 0 saturated carbocycles. The number of halogens is 1. The predicted molar refractivity (Wildman–Crippen MR) is 106 cm³/mol. The Balaban J connectivity index is 1.59. The van der Waals surface area contributed by atoms with Gasteiger partial charge in [0.25, 0.3) is 0 Å². The highest BCUT2D eigenvalue weighted by Gasteiger charge is 2.30. The van der Waals surface area contributed by atoms with Crippen LogP contribution in [0.15, 0.2) is 66.9 Å². The van der Waals surface area contributed by atoms with Crippen LogP contribution in [-0.2, 0) is 9.59 Å². The average Bonchev–Trinajstić information content (AvgIpc) is 2.70. The normalized spacial score (nSPS) is 16.5. The van der Waals surface area contributed by atoms with E-state index in [1.165, 1.54) is 0 Å². The number of hydrogen-bond acceptors (Lipinski definition) is 4. The highest BCUT2D eigenvalue weighted by Crippen LogP contribution is 2.37. The fraction of sp³-hybridized carbons (Fsp3) is 0.136. The van der Waals surface area contributed by atoms with E-state index in [4.69, 9.17) is 16.3 Å². The number of carbonyl (C=O) groups excluding carboxylic acids is 2. The Labute approximate surface area is 167 Å². The third-order valence-corrected chi connectivity index (χ3v) is 5.09. The van der Waals surface area contributed by atoms with Crippen LogP contribution in [0.1, 0.15) is 24.3 Å². The third-order valence-electron chi connectivity index (χ3n) is 4.67. The molecule has 5 nitrogen and oxygen atoms in total. The summed E-state index contributed by atoms with van der Waals surface area (Å²) in [6.07, 6.45) is 2.45. The lowest BCUT2D eigenvalue weighted by Crippen LogP contribution is -2.39. The van der Waals surface area contributed by atoms with Crippen molar-refractivity contribution in [1.82, 2.24) is 10.3 Å². The maximum absolute atomic E-state index is 12.2. The second-order valence-electron chi connectivity index (χ2n) is 6.51. The summed E-state index contributed by atoms with van der Waals surface area (Å²) in [5.74, 6) is 0.233. The molecule has 28 heavy (non-hydrogen) atoms. The SMILES string of the molecule is O=C1CCC(c2cccc(-c3ccc(Oc4ccccn4)cc3)c2Cl)C(=O)N1. The van der Waals surface area contributed by atoms with Crippen LogP contribution in [-0.4, -0.2) is 16.8 Å². The molecule has 1 aromatic heterocycles. The van der Waals surface area contributed by atoms with Crippen molar-refractivity contribution in [2.24, 2.45) is 0 Å². The van der Waals surface area contributed by atoms with Gasteiger partial charge in [-0.25, -0.2) is 4.98 Å². The van der Waals surface area contributed by atoms with Gasteiger partial charge in [-0.05, 0) is 35.7 Å². The van der Waals surface area contributed by atoms with Crippen LogP contribution in [0, 0.1) is 0 Å². The molecule has 1 unspecified atom stereocenters. The van der Waals surface area contributed by atoms with Gasteiger partial charge in [0.2, 0.25) is 17.7 Å². The number of nitrogens with zero attached hydrogens (tertiary/aromatic N) is 1. The number of piperidine rings is 1. The molecule has 6 heteroatoms. The molecule has 3 aromatic rings. The number of rotatable bonds is 4. The van der Waals surface area contributed by atoms with Crippen molar-refractivity contribution < 1.29 is 14.3 Å². The van der Waals surface area contributed by atoms with Gasteiger partial charge in [-0.2, -0.15) is 0 Å². The maximum atomic E-state index is 12.2. The summed E-state index contributed by atoms with van der Waals surface area (Å²) in [7, 11) is 0. The molecule has 0 radical (unpaired) electrons. The van der Waals surface area contributed by atoms with E-state index in [1.54, 1.807) is 12.3 Å². The minimum atomic E-state index is -0.420. The molecule has 2 amide bonds. The number of pyridine rings is 1. The van der Waals surface area contributed by atoms with Crippen LogP contribution in [0.5, 0.6) is 11.6 Å². The van der Waals surface area contributed by atoms with Crippen LogP contribution >= 0.6 is 11.6 Å². The number of benzene rings is 2. The second kappa shape index (κ2) is 7.82. The summed E-state index contributed by atoms with van der Waals surface area (Å²) < 4.78 is 5.71. The summed E-state index contributed by atoms with van der Waals surface area (Å²) in [5.41, 5.74) is 2.47. The molecule has 140 valence electrons. The molecule has 0 spiro atoms. The van der Waals surface area contributed by atoms with Crippen LogP contribution in [0.2, 0.25) is 5.02 Å². The van der Waals surface area contributed by atoms with Crippen LogP contribution < -0.4 is 10.1 Å². The van der Waals surface area contributed by atoms with Crippen molar-refractivity contribution in [3.63, 3.8) is 0 Å². The van der Waals surface area contributed by atoms with Crippen LogP contribution in [0.25, 0.3) is 11.1 Å². The fourth-order valence-corrected chi connectivity index (χ4v) is 3.63. The lowest BCUT2D eigenvalue weighted by molar-refractivity contribution is -0.134. The molecule has 1 aliphatic rings. The first kappa shape index (κ1) is 18.2. The summed E-state index contributed by atoms with van der Waals surface area (Å²) >= 11 is 6.64. The first-order valence-electron chi connectivity index (χ1n) is 8.93.